The lowest BCUT2D eigenvalue weighted by Crippen LogP contribution is -2.47. The molecule has 3 aromatic rings. The molecule has 1 amide bonds. The van der Waals surface area contributed by atoms with Gasteiger partial charge in [0.25, 0.3) is 5.91 Å². The van der Waals surface area contributed by atoms with Crippen LogP contribution in [-0.4, -0.2) is 53.2 Å². The Hall–Kier alpha value is -2.94. The summed E-state index contributed by atoms with van der Waals surface area (Å²) in [6.45, 7) is 8.72. The van der Waals surface area contributed by atoms with Crippen molar-refractivity contribution in [2.24, 2.45) is 5.92 Å². The minimum atomic E-state index is -0.548. The third-order valence-corrected chi connectivity index (χ3v) is 6.61. The van der Waals surface area contributed by atoms with Crippen molar-refractivity contribution in [3.8, 4) is 0 Å². The Morgan fingerprint density at radius 2 is 2.16 bits per heavy atom. The molecule has 32 heavy (non-hydrogen) atoms. The van der Waals surface area contributed by atoms with E-state index in [9.17, 15) is 9.59 Å². The fourth-order valence-electron chi connectivity index (χ4n) is 4.78. The first-order valence-corrected chi connectivity index (χ1v) is 11.4. The molecular formula is C23H30N6O3. The smallest absolute Gasteiger partial charge is 0.346 e. The average Bonchev–Trinajstić information content (AvgIpc) is 3.46. The van der Waals surface area contributed by atoms with Crippen LogP contribution < -0.4 is 5.69 Å². The molecule has 9 nitrogen and oxygen atoms in total. The van der Waals surface area contributed by atoms with Crippen molar-refractivity contribution in [1.82, 2.24) is 28.6 Å². The van der Waals surface area contributed by atoms with E-state index in [2.05, 4.69) is 23.9 Å². The third-order valence-electron chi connectivity index (χ3n) is 6.61. The number of imidazole rings is 1. The first-order chi connectivity index (χ1) is 15.3. The van der Waals surface area contributed by atoms with Gasteiger partial charge in [-0.2, -0.15) is 5.10 Å². The van der Waals surface area contributed by atoms with Crippen LogP contribution in [0.5, 0.6) is 0 Å². The number of hydrogen-bond acceptors (Lipinski definition) is 5. The van der Waals surface area contributed by atoms with Gasteiger partial charge < -0.3 is 14.0 Å². The van der Waals surface area contributed by atoms with Crippen LogP contribution in [0.15, 0.2) is 29.3 Å². The molecule has 0 aliphatic carbocycles. The molecule has 2 aliphatic heterocycles. The summed E-state index contributed by atoms with van der Waals surface area (Å²) in [5, 5.41) is 4.48. The third kappa shape index (κ3) is 3.64. The fraction of sp³-hybridized carbons (Fsp3) is 0.565. The van der Waals surface area contributed by atoms with Crippen molar-refractivity contribution in [3.63, 3.8) is 0 Å². The summed E-state index contributed by atoms with van der Waals surface area (Å²) in [6.07, 6.45) is 6.36. The number of rotatable bonds is 5. The number of carbonyl (C=O) groups excluding carboxylic acids is 1. The van der Waals surface area contributed by atoms with Gasteiger partial charge in [0.2, 0.25) is 0 Å². The maximum Gasteiger partial charge on any atom is 0.346 e. The molecule has 170 valence electrons. The van der Waals surface area contributed by atoms with Gasteiger partial charge >= 0.3 is 5.69 Å². The maximum atomic E-state index is 13.2. The van der Waals surface area contributed by atoms with Crippen molar-refractivity contribution >= 4 is 11.6 Å². The first kappa shape index (κ1) is 20.9. The molecule has 0 saturated carbocycles. The van der Waals surface area contributed by atoms with Crippen molar-refractivity contribution in [3.05, 3.63) is 52.1 Å². The SMILES string of the molecule is Cc1cccn2cc(C(=O)N3CCC4(C3)Cn3c(nn(CCCC(C)C)c3=O)CO4)nc12. The number of fused-ring (bicyclic) bond motifs is 2. The Labute approximate surface area is 186 Å². The molecule has 1 fully saturated rings. The molecule has 0 aromatic carbocycles. The van der Waals surface area contributed by atoms with E-state index >= 15 is 0 Å². The number of aryl methyl sites for hydroxylation is 2. The summed E-state index contributed by atoms with van der Waals surface area (Å²) in [7, 11) is 0. The number of aromatic nitrogens is 5. The summed E-state index contributed by atoms with van der Waals surface area (Å²) >= 11 is 0. The molecule has 5 rings (SSSR count). The molecule has 0 radical (unpaired) electrons. The molecule has 3 aromatic heterocycles. The Morgan fingerprint density at radius 1 is 1.31 bits per heavy atom. The van der Waals surface area contributed by atoms with Gasteiger partial charge in [-0.3, -0.25) is 9.36 Å². The van der Waals surface area contributed by atoms with Crippen LogP contribution in [0.1, 0.15) is 55.0 Å². The molecule has 1 unspecified atom stereocenters. The summed E-state index contributed by atoms with van der Waals surface area (Å²) < 4.78 is 11.4. The van der Waals surface area contributed by atoms with E-state index in [0.717, 1.165) is 24.1 Å². The van der Waals surface area contributed by atoms with E-state index in [4.69, 9.17) is 4.74 Å². The second-order valence-corrected chi connectivity index (χ2v) is 9.54. The molecule has 9 heteroatoms. The second kappa shape index (κ2) is 7.88. The van der Waals surface area contributed by atoms with E-state index in [-0.39, 0.29) is 11.6 Å². The van der Waals surface area contributed by atoms with E-state index < -0.39 is 5.60 Å². The number of amides is 1. The molecule has 0 bridgehead atoms. The summed E-state index contributed by atoms with van der Waals surface area (Å²) in [5.74, 6) is 1.18. The quantitative estimate of drug-likeness (QED) is 0.610. The van der Waals surface area contributed by atoms with E-state index in [1.165, 1.54) is 0 Å². The van der Waals surface area contributed by atoms with E-state index in [0.29, 0.717) is 56.6 Å². The zero-order valence-electron chi connectivity index (χ0n) is 19.0. The van der Waals surface area contributed by atoms with Gasteiger partial charge in [-0.05, 0) is 43.7 Å². The number of nitrogens with zero attached hydrogens (tertiary/aromatic N) is 6. The van der Waals surface area contributed by atoms with Crippen molar-refractivity contribution in [2.45, 2.75) is 65.3 Å². The normalized spacial score (nSPS) is 20.6. The molecule has 2 aliphatic rings. The number of hydrogen-bond donors (Lipinski definition) is 0. The number of pyridine rings is 1. The molecule has 1 atom stereocenters. The monoisotopic (exact) mass is 438 g/mol. The van der Waals surface area contributed by atoms with Crippen LogP contribution in [0, 0.1) is 12.8 Å². The van der Waals surface area contributed by atoms with Gasteiger partial charge in [0.15, 0.2) is 5.82 Å². The Balaban J connectivity index is 1.31. The highest BCUT2D eigenvalue weighted by molar-refractivity contribution is 5.93. The van der Waals surface area contributed by atoms with Crippen molar-refractivity contribution in [2.75, 3.05) is 13.1 Å². The number of ether oxygens (including phenoxy) is 1. The van der Waals surface area contributed by atoms with Gasteiger partial charge in [-0.1, -0.05) is 19.9 Å². The molecular weight excluding hydrogens is 408 g/mol. The van der Waals surface area contributed by atoms with Crippen LogP contribution in [-0.2, 0) is 24.4 Å². The van der Waals surface area contributed by atoms with Crippen molar-refractivity contribution in [1.29, 1.82) is 0 Å². The Bertz CT molecular complexity index is 1220. The molecule has 1 spiro atoms. The van der Waals surface area contributed by atoms with Gasteiger partial charge in [-0.15, -0.1) is 0 Å². The van der Waals surface area contributed by atoms with E-state index in [1.807, 2.05) is 29.7 Å². The molecule has 1 saturated heterocycles. The Kier molecular flexibility index (Phi) is 5.16. The van der Waals surface area contributed by atoms with Crippen LogP contribution in [0.4, 0.5) is 0 Å². The van der Waals surface area contributed by atoms with Gasteiger partial charge in [0.05, 0.1) is 13.1 Å². The van der Waals surface area contributed by atoms with Crippen LogP contribution in [0.2, 0.25) is 0 Å². The largest absolute Gasteiger partial charge is 0.363 e. The van der Waals surface area contributed by atoms with Crippen LogP contribution in [0.25, 0.3) is 5.65 Å². The predicted molar refractivity (Wildman–Crippen MR) is 119 cm³/mol. The van der Waals surface area contributed by atoms with Crippen molar-refractivity contribution < 1.29 is 9.53 Å². The minimum absolute atomic E-state index is 0.0768. The molecule has 0 N–H and O–H groups in total. The molecule has 5 heterocycles. The fourth-order valence-corrected chi connectivity index (χ4v) is 4.78. The lowest BCUT2D eigenvalue weighted by molar-refractivity contribution is -0.0816. The topological polar surface area (TPSA) is 86.7 Å². The highest BCUT2D eigenvalue weighted by atomic mass is 16.5. The lowest BCUT2D eigenvalue weighted by atomic mass is 10.0. The zero-order chi connectivity index (χ0) is 22.5. The summed E-state index contributed by atoms with van der Waals surface area (Å²) in [6, 6.07) is 3.92. The van der Waals surface area contributed by atoms with Gasteiger partial charge in [0.1, 0.15) is 23.5 Å². The Morgan fingerprint density at radius 3 is 2.94 bits per heavy atom. The average molecular weight is 439 g/mol. The summed E-state index contributed by atoms with van der Waals surface area (Å²) in [4.78, 5) is 32.4. The first-order valence-electron chi connectivity index (χ1n) is 11.4. The zero-order valence-corrected chi connectivity index (χ0v) is 19.0. The van der Waals surface area contributed by atoms with Crippen LogP contribution >= 0.6 is 0 Å². The van der Waals surface area contributed by atoms with E-state index in [1.54, 1.807) is 20.3 Å². The standard InChI is InChI=1S/C23H30N6O3/c1-16(2)6-4-10-29-22(31)28-15-23(32-13-19(28)25-29)8-11-27(14-23)21(30)18-12-26-9-5-7-17(3)20(26)24-18/h5,7,9,12,16H,4,6,8,10-11,13-15H2,1-3H3. The maximum absolute atomic E-state index is 13.2. The predicted octanol–water partition coefficient (Wildman–Crippen LogP) is 2.25. The summed E-state index contributed by atoms with van der Waals surface area (Å²) in [5.41, 5.74) is 1.63. The second-order valence-electron chi connectivity index (χ2n) is 9.54. The van der Waals surface area contributed by atoms with Gasteiger partial charge in [0, 0.05) is 25.5 Å². The highest BCUT2D eigenvalue weighted by Gasteiger charge is 2.45. The van der Waals surface area contributed by atoms with Gasteiger partial charge in [-0.25, -0.2) is 14.5 Å². The van der Waals surface area contributed by atoms with Crippen LogP contribution in [0.3, 0.4) is 0 Å². The number of carbonyl (C=O) groups is 1. The lowest BCUT2D eigenvalue weighted by Gasteiger charge is -2.33. The number of likely N-dealkylation sites (tertiary alicyclic amines) is 1. The minimum Gasteiger partial charge on any atom is -0.363 e. The highest BCUT2D eigenvalue weighted by Crippen LogP contribution is 2.32.